The molecule has 4 heteroatoms. The topological polar surface area (TPSA) is 42.7 Å². The summed E-state index contributed by atoms with van der Waals surface area (Å²) >= 11 is 0. The average Bonchev–Trinajstić information content (AvgIpc) is 2.49. The third-order valence-corrected chi connectivity index (χ3v) is 3.61. The standard InChI is InChI=1S/C12H24N4/c1-9(2)12(4,5)8-13-7-11-15-14-10(3)16(11)6/h9,13H,7-8H2,1-6H3. The summed E-state index contributed by atoms with van der Waals surface area (Å²) in [4.78, 5) is 0. The molecule has 0 saturated heterocycles. The fourth-order valence-corrected chi connectivity index (χ4v) is 1.31. The highest BCUT2D eigenvalue weighted by atomic mass is 15.3. The molecule has 0 aromatic carbocycles. The predicted molar refractivity (Wildman–Crippen MR) is 66.1 cm³/mol. The minimum atomic E-state index is 0.313. The van der Waals surface area contributed by atoms with Crippen molar-refractivity contribution in [3.8, 4) is 0 Å². The van der Waals surface area contributed by atoms with Crippen LogP contribution in [0.3, 0.4) is 0 Å². The number of aryl methyl sites for hydroxylation is 1. The zero-order valence-corrected chi connectivity index (χ0v) is 11.3. The molecule has 1 rings (SSSR count). The highest BCUT2D eigenvalue weighted by Gasteiger charge is 2.21. The number of nitrogens with zero attached hydrogens (tertiary/aromatic N) is 3. The lowest BCUT2D eigenvalue weighted by atomic mass is 9.81. The van der Waals surface area contributed by atoms with E-state index in [1.807, 2.05) is 18.5 Å². The van der Waals surface area contributed by atoms with E-state index in [0.29, 0.717) is 11.3 Å². The van der Waals surface area contributed by atoms with Crippen LogP contribution >= 0.6 is 0 Å². The SMILES string of the molecule is Cc1nnc(CNCC(C)(C)C(C)C)n1C. The van der Waals surface area contributed by atoms with Crippen LogP contribution in [-0.2, 0) is 13.6 Å². The van der Waals surface area contributed by atoms with Gasteiger partial charge in [-0.25, -0.2) is 0 Å². The Morgan fingerprint density at radius 3 is 2.38 bits per heavy atom. The van der Waals surface area contributed by atoms with E-state index >= 15 is 0 Å². The summed E-state index contributed by atoms with van der Waals surface area (Å²) in [5, 5.41) is 11.6. The van der Waals surface area contributed by atoms with Gasteiger partial charge in [0, 0.05) is 13.6 Å². The van der Waals surface area contributed by atoms with Gasteiger partial charge in [0.1, 0.15) is 11.6 Å². The quantitative estimate of drug-likeness (QED) is 0.830. The lowest BCUT2D eigenvalue weighted by molar-refractivity contribution is 0.237. The molecule has 92 valence electrons. The Balaban J connectivity index is 2.45. The second kappa shape index (κ2) is 4.95. The first-order valence-corrected chi connectivity index (χ1v) is 5.90. The Kier molecular flexibility index (Phi) is 4.08. The van der Waals surface area contributed by atoms with Crippen LogP contribution in [-0.4, -0.2) is 21.3 Å². The van der Waals surface area contributed by atoms with Crippen molar-refractivity contribution in [3.63, 3.8) is 0 Å². The van der Waals surface area contributed by atoms with Gasteiger partial charge in [-0.3, -0.25) is 0 Å². The van der Waals surface area contributed by atoms with Crippen LogP contribution in [0.25, 0.3) is 0 Å². The van der Waals surface area contributed by atoms with E-state index in [1.165, 1.54) is 0 Å². The van der Waals surface area contributed by atoms with E-state index in [4.69, 9.17) is 0 Å². The van der Waals surface area contributed by atoms with E-state index in [-0.39, 0.29) is 0 Å². The van der Waals surface area contributed by atoms with Gasteiger partial charge in [0.25, 0.3) is 0 Å². The van der Waals surface area contributed by atoms with Gasteiger partial charge in [-0.15, -0.1) is 10.2 Å². The molecule has 1 heterocycles. The van der Waals surface area contributed by atoms with Gasteiger partial charge in [-0.2, -0.15) is 0 Å². The van der Waals surface area contributed by atoms with Crippen LogP contribution in [0.5, 0.6) is 0 Å². The lowest BCUT2D eigenvalue weighted by Crippen LogP contribution is -2.33. The number of nitrogens with one attached hydrogen (secondary N) is 1. The minimum absolute atomic E-state index is 0.313. The Bertz CT molecular complexity index is 339. The highest BCUT2D eigenvalue weighted by molar-refractivity contribution is 4.92. The molecule has 0 amide bonds. The van der Waals surface area contributed by atoms with Gasteiger partial charge >= 0.3 is 0 Å². The molecule has 16 heavy (non-hydrogen) atoms. The van der Waals surface area contributed by atoms with Crippen molar-refractivity contribution < 1.29 is 0 Å². The van der Waals surface area contributed by atoms with Crippen molar-refractivity contribution in [2.24, 2.45) is 18.4 Å². The molecule has 0 bridgehead atoms. The molecule has 1 aromatic heterocycles. The van der Waals surface area contributed by atoms with Crippen molar-refractivity contribution in [3.05, 3.63) is 11.6 Å². The molecule has 0 fully saturated rings. The van der Waals surface area contributed by atoms with Crippen molar-refractivity contribution in [1.29, 1.82) is 0 Å². The third-order valence-electron chi connectivity index (χ3n) is 3.61. The maximum absolute atomic E-state index is 4.13. The molecule has 1 aromatic rings. The van der Waals surface area contributed by atoms with Gasteiger partial charge in [0.15, 0.2) is 0 Å². The van der Waals surface area contributed by atoms with E-state index in [0.717, 1.165) is 24.7 Å². The average molecular weight is 224 g/mol. The van der Waals surface area contributed by atoms with Crippen molar-refractivity contribution in [2.45, 2.75) is 41.2 Å². The highest BCUT2D eigenvalue weighted by Crippen LogP contribution is 2.24. The molecule has 4 nitrogen and oxygen atoms in total. The van der Waals surface area contributed by atoms with Gasteiger partial charge in [-0.1, -0.05) is 27.7 Å². The maximum Gasteiger partial charge on any atom is 0.146 e. The largest absolute Gasteiger partial charge is 0.317 e. The zero-order chi connectivity index (χ0) is 12.3. The monoisotopic (exact) mass is 224 g/mol. The van der Waals surface area contributed by atoms with Crippen LogP contribution in [0.1, 0.15) is 39.3 Å². The van der Waals surface area contributed by atoms with E-state index in [9.17, 15) is 0 Å². The van der Waals surface area contributed by atoms with Crippen molar-refractivity contribution >= 4 is 0 Å². The summed E-state index contributed by atoms with van der Waals surface area (Å²) in [6, 6.07) is 0. The molecule has 0 aliphatic heterocycles. The Morgan fingerprint density at radius 2 is 1.94 bits per heavy atom. The fourth-order valence-electron chi connectivity index (χ4n) is 1.31. The van der Waals surface area contributed by atoms with Crippen LogP contribution < -0.4 is 5.32 Å². The van der Waals surface area contributed by atoms with Crippen LogP contribution in [0.4, 0.5) is 0 Å². The summed E-state index contributed by atoms with van der Waals surface area (Å²) in [5.74, 6) is 2.62. The molecular formula is C12H24N4. The number of hydrogen-bond acceptors (Lipinski definition) is 3. The van der Waals surface area contributed by atoms with Crippen LogP contribution in [0.15, 0.2) is 0 Å². The fraction of sp³-hybridized carbons (Fsp3) is 0.833. The van der Waals surface area contributed by atoms with Gasteiger partial charge in [0.2, 0.25) is 0 Å². The summed E-state index contributed by atoms with van der Waals surface area (Å²) in [6.07, 6.45) is 0. The first-order chi connectivity index (χ1) is 7.34. The Labute approximate surface area is 98.5 Å². The van der Waals surface area contributed by atoms with E-state index in [2.05, 4.69) is 43.2 Å². The Hall–Kier alpha value is -0.900. The Morgan fingerprint density at radius 1 is 1.31 bits per heavy atom. The number of rotatable bonds is 5. The van der Waals surface area contributed by atoms with Crippen LogP contribution in [0, 0.1) is 18.3 Å². The second-order valence-corrected chi connectivity index (χ2v) is 5.47. The molecule has 0 aliphatic carbocycles. The lowest BCUT2D eigenvalue weighted by Gasteiger charge is -2.29. The number of aromatic nitrogens is 3. The molecular weight excluding hydrogens is 200 g/mol. The third kappa shape index (κ3) is 3.04. The van der Waals surface area contributed by atoms with Gasteiger partial charge < -0.3 is 9.88 Å². The normalized spacial score (nSPS) is 12.4. The zero-order valence-electron chi connectivity index (χ0n) is 11.3. The summed E-state index contributed by atoms with van der Waals surface area (Å²) in [7, 11) is 2.00. The van der Waals surface area contributed by atoms with E-state index < -0.39 is 0 Å². The first kappa shape index (κ1) is 13.2. The summed E-state index contributed by atoms with van der Waals surface area (Å²) in [6.45, 7) is 12.8. The van der Waals surface area contributed by atoms with Crippen LogP contribution in [0.2, 0.25) is 0 Å². The summed E-state index contributed by atoms with van der Waals surface area (Å²) in [5.41, 5.74) is 0.313. The molecule has 0 saturated carbocycles. The molecule has 0 unspecified atom stereocenters. The van der Waals surface area contributed by atoms with Crippen molar-refractivity contribution in [2.75, 3.05) is 6.54 Å². The maximum atomic E-state index is 4.13. The van der Waals surface area contributed by atoms with Gasteiger partial charge in [0.05, 0.1) is 6.54 Å². The van der Waals surface area contributed by atoms with E-state index in [1.54, 1.807) is 0 Å². The number of hydrogen-bond donors (Lipinski definition) is 1. The molecule has 0 atom stereocenters. The summed E-state index contributed by atoms with van der Waals surface area (Å²) < 4.78 is 2.02. The van der Waals surface area contributed by atoms with Gasteiger partial charge in [-0.05, 0) is 18.3 Å². The molecule has 0 radical (unpaired) electrons. The first-order valence-electron chi connectivity index (χ1n) is 5.90. The second-order valence-electron chi connectivity index (χ2n) is 5.47. The molecule has 0 spiro atoms. The minimum Gasteiger partial charge on any atom is -0.317 e. The van der Waals surface area contributed by atoms with Crippen molar-refractivity contribution in [1.82, 2.24) is 20.1 Å². The molecule has 1 N–H and O–H groups in total. The molecule has 0 aliphatic rings. The predicted octanol–water partition coefficient (Wildman–Crippen LogP) is 1.90. The smallest absolute Gasteiger partial charge is 0.146 e.